The van der Waals surface area contributed by atoms with Crippen molar-refractivity contribution in [1.29, 1.82) is 0 Å². The fourth-order valence-electron chi connectivity index (χ4n) is 2.50. The van der Waals surface area contributed by atoms with Crippen LogP contribution < -0.4 is 4.90 Å². The number of ether oxygens (including phenoxy) is 1. The van der Waals surface area contributed by atoms with Crippen LogP contribution in [0.3, 0.4) is 0 Å². The second kappa shape index (κ2) is 8.52. The number of thioether (sulfide) groups is 1. The lowest BCUT2D eigenvalue weighted by molar-refractivity contribution is -0.113. The van der Waals surface area contributed by atoms with E-state index in [9.17, 15) is 9.59 Å². The maximum atomic E-state index is 12.9. The molecule has 0 saturated carbocycles. The highest BCUT2D eigenvalue weighted by molar-refractivity contribution is 8.27. The average molecular weight is 416 g/mol. The third-order valence-corrected chi connectivity index (χ3v) is 5.24. The number of allylic oxidation sites excluding steroid dienone is 2. The lowest BCUT2D eigenvalue weighted by atomic mass is 10.1. The van der Waals surface area contributed by atoms with Crippen molar-refractivity contribution in [2.45, 2.75) is 0 Å². The summed E-state index contributed by atoms with van der Waals surface area (Å²) in [5.74, 6) is -0.869. The average Bonchev–Trinajstić information content (AvgIpc) is 2.95. The Morgan fingerprint density at radius 1 is 1.15 bits per heavy atom. The molecule has 0 bridgehead atoms. The van der Waals surface area contributed by atoms with Gasteiger partial charge in [-0.2, -0.15) is 0 Å². The lowest BCUT2D eigenvalue weighted by Crippen LogP contribution is -2.29. The first kappa shape index (κ1) is 19.4. The van der Waals surface area contributed by atoms with Gasteiger partial charge >= 0.3 is 5.97 Å². The van der Waals surface area contributed by atoms with Crippen molar-refractivity contribution in [2.75, 3.05) is 12.0 Å². The van der Waals surface area contributed by atoms with Crippen LogP contribution in [0.5, 0.6) is 0 Å². The van der Waals surface area contributed by atoms with Gasteiger partial charge in [0, 0.05) is 5.03 Å². The summed E-state index contributed by atoms with van der Waals surface area (Å²) in [6.07, 6.45) is 3.34. The number of esters is 1. The van der Waals surface area contributed by atoms with Gasteiger partial charge in [-0.1, -0.05) is 78.0 Å². The van der Waals surface area contributed by atoms with Crippen LogP contribution in [0.15, 0.2) is 70.6 Å². The Morgan fingerprint density at radius 3 is 2.52 bits per heavy atom. The Kier molecular flexibility index (Phi) is 6.11. The molecule has 1 heterocycles. The molecule has 0 atom stereocenters. The minimum absolute atomic E-state index is 0.267. The van der Waals surface area contributed by atoms with Crippen LogP contribution in [-0.2, 0) is 9.53 Å². The number of hydrogen-bond donors (Lipinski definition) is 0. The molecule has 3 rings (SSSR count). The zero-order valence-corrected chi connectivity index (χ0v) is 16.6. The number of nitrogens with zero attached hydrogens (tertiary/aromatic N) is 1. The maximum absolute atomic E-state index is 12.9. The van der Waals surface area contributed by atoms with Gasteiger partial charge in [0.15, 0.2) is 4.32 Å². The van der Waals surface area contributed by atoms with Crippen LogP contribution in [0.4, 0.5) is 5.69 Å². The van der Waals surface area contributed by atoms with E-state index in [1.165, 1.54) is 12.0 Å². The predicted molar refractivity (Wildman–Crippen MR) is 114 cm³/mol. The van der Waals surface area contributed by atoms with Gasteiger partial charge in [0.25, 0.3) is 5.91 Å². The summed E-state index contributed by atoms with van der Waals surface area (Å²) in [6.45, 7) is 0. The van der Waals surface area contributed by atoms with E-state index in [2.05, 4.69) is 0 Å². The van der Waals surface area contributed by atoms with Gasteiger partial charge in [-0.05, 0) is 29.8 Å². The molecule has 1 saturated heterocycles. The predicted octanol–water partition coefficient (Wildman–Crippen LogP) is 5.00. The fraction of sp³-hybridized carbons (Fsp3) is 0.0500. The molecule has 0 aromatic heterocycles. The second-order valence-corrected chi connectivity index (χ2v) is 7.58. The zero-order valence-electron chi connectivity index (χ0n) is 14.2. The third-order valence-electron chi connectivity index (χ3n) is 3.72. The Bertz CT molecular complexity index is 970. The second-order valence-electron chi connectivity index (χ2n) is 5.47. The zero-order chi connectivity index (χ0) is 19.4. The van der Waals surface area contributed by atoms with Crippen molar-refractivity contribution in [3.05, 3.63) is 81.7 Å². The molecule has 1 amide bonds. The van der Waals surface area contributed by atoms with Gasteiger partial charge in [0.1, 0.15) is 0 Å². The molecule has 7 heteroatoms. The fourth-order valence-corrected chi connectivity index (χ4v) is 4.08. The Morgan fingerprint density at radius 2 is 1.81 bits per heavy atom. The minimum atomic E-state index is -0.536. The van der Waals surface area contributed by atoms with Gasteiger partial charge < -0.3 is 4.74 Å². The molecule has 136 valence electrons. The number of thiocarbonyl (C=S) groups is 1. The molecule has 0 radical (unpaired) electrons. The van der Waals surface area contributed by atoms with Gasteiger partial charge in [-0.15, -0.1) is 0 Å². The van der Waals surface area contributed by atoms with E-state index in [-0.39, 0.29) is 11.5 Å². The van der Waals surface area contributed by atoms with Crippen LogP contribution in [0.1, 0.15) is 15.9 Å². The first-order valence-electron chi connectivity index (χ1n) is 7.89. The van der Waals surface area contributed by atoms with Crippen molar-refractivity contribution in [1.82, 2.24) is 0 Å². The first-order valence-corrected chi connectivity index (χ1v) is 9.49. The lowest BCUT2D eigenvalue weighted by Gasteiger charge is -2.17. The molecule has 1 aliphatic heterocycles. The quantitative estimate of drug-likeness (QED) is 0.399. The standard InChI is InChI=1S/C20H14ClNO3S2/c1-25-19(24)15-9-5-6-10-16(15)22-18(23)17(27-20(22)26)12-14(21)11-13-7-3-2-4-8-13/h2-12H,1H3/b14-11-,17-12-. The monoisotopic (exact) mass is 415 g/mol. The van der Waals surface area contributed by atoms with Gasteiger partial charge in [0.2, 0.25) is 0 Å². The minimum Gasteiger partial charge on any atom is -0.465 e. The van der Waals surface area contributed by atoms with Gasteiger partial charge in [0.05, 0.1) is 23.3 Å². The number of anilines is 1. The maximum Gasteiger partial charge on any atom is 0.339 e. The summed E-state index contributed by atoms with van der Waals surface area (Å²) >= 11 is 12.8. The van der Waals surface area contributed by atoms with Crippen LogP contribution in [0.2, 0.25) is 0 Å². The SMILES string of the molecule is COC(=O)c1ccccc1N1C(=O)/C(=C/C(Cl)=C/c2ccccc2)SC1=S. The highest BCUT2D eigenvalue weighted by atomic mass is 35.5. The molecule has 1 fully saturated rings. The molecular formula is C20H14ClNO3S2. The Balaban J connectivity index is 1.92. The topological polar surface area (TPSA) is 46.6 Å². The van der Waals surface area contributed by atoms with Crippen molar-refractivity contribution >= 4 is 63.5 Å². The molecular weight excluding hydrogens is 402 g/mol. The van der Waals surface area contributed by atoms with Crippen LogP contribution in [0.25, 0.3) is 6.08 Å². The van der Waals surface area contributed by atoms with Crippen LogP contribution in [0, 0.1) is 0 Å². The normalized spacial score (nSPS) is 16.1. The van der Waals surface area contributed by atoms with E-state index in [0.717, 1.165) is 17.3 Å². The van der Waals surface area contributed by atoms with Crippen molar-refractivity contribution in [3.8, 4) is 0 Å². The summed E-state index contributed by atoms with van der Waals surface area (Å²) in [6, 6.07) is 16.2. The van der Waals surface area contributed by atoms with Crippen molar-refractivity contribution < 1.29 is 14.3 Å². The van der Waals surface area contributed by atoms with Crippen LogP contribution >= 0.6 is 35.6 Å². The summed E-state index contributed by atoms with van der Waals surface area (Å²) in [5, 5.41) is 0.406. The third kappa shape index (κ3) is 4.30. The molecule has 4 nitrogen and oxygen atoms in total. The number of rotatable bonds is 4. The first-order chi connectivity index (χ1) is 13.0. The molecule has 0 aliphatic carbocycles. The molecule has 2 aromatic carbocycles. The summed E-state index contributed by atoms with van der Waals surface area (Å²) < 4.78 is 5.12. The smallest absolute Gasteiger partial charge is 0.339 e. The highest BCUT2D eigenvalue weighted by Gasteiger charge is 2.35. The molecule has 1 aliphatic rings. The number of benzene rings is 2. The van der Waals surface area contributed by atoms with E-state index in [4.69, 9.17) is 28.6 Å². The molecule has 0 unspecified atom stereocenters. The van der Waals surface area contributed by atoms with Crippen molar-refractivity contribution in [2.24, 2.45) is 0 Å². The molecule has 0 spiro atoms. The molecule has 0 N–H and O–H groups in total. The number of amides is 1. The van der Waals surface area contributed by atoms with Gasteiger partial charge in [-0.25, -0.2) is 4.79 Å². The van der Waals surface area contributed by atoms with E-state index in [1.54, 1.807) is 36.4 Å². The number of para-hydroxylation sites is 1. The number of halogens is 1. The van der Waals surface area contributed by atoms with E-state index in [0.29, 0.717) is 19.9 Å². The van der Waals surface area contributed by atoms with Gasteiger partial charge in [-0.3, -0.25) is 9.69 Å². The Hall–Kier alpha value is -2.41. The van der Waals surface area contributed by atoms with E-state index in [1.807, 2.05) is 30.3 Å². The largest absolute Gasteiger partial charge is 0.465 e. The Labute approximate surface area is 171 Å². The van der Waals surface area contributed by atoms with E-state index >= 15 is 0 Å². The summed E-state index contributed by atoms with van der Waals surface area (Å²) in [7, 11) is 1.29. The highest BCUT2D eigenvalue weighted by Crippen LogP contribution is 2.37. The van der Waals surface area contributed by atoms with Crippen LogP contribution in [-0.4, -0.2) is 23.3 Å². The number of carbonyl (C=O) groups excluding carboxylic acids is 2. The molecule has 2 aromatic rings. The number of methoxy groups -OCH3 is 1. The van der Waals surface area contributed by atoms with E-state index < -0.39 is 5.97 Å². The molecule has 27 heavy (non-hydrogen) atoms. The summed E-state index contributed by atoms with van der Waals surface area (Å²) in [4.78, 5) is 26.6. The number of hydrogen-bond acceptors (Lipinski definition) is 5. The number of carbonyl (C=O) groups is 2. The van der Waals surface area contributed by atoms with Crippen molar-refractivity contribution in [3.63, 3.8) is 0 Å². The summed E-state index contributed by atoms with van der Waals surface area (Å²) in [5.41, 5.74) is 1.58.